The van der Waals surface area contributed by atoms with Gasteiger partial charge in [-0.3, -0.25) is 14.9 Å². The topological polar surface area (TPSA) is 75.5 Å². The lowest BCUT2D eigenvalue weighted by Crippen LogP contribution is -2.29. The number of piperidine rings is 1. The van der Waals surface area contributed by atoms with E-state index in [0.29, 0.717) is 18.1 Å². The van der Waals surface area contributed by atoms with Gasteiger partial charge in [-0.05, 0) is 42.5 Å². The van der Waals surface area contributed by atoms with Crippen LogP contribution >= 0.6 is 11.8 Å². The molecule has 1 amide bonds. The maximum absolute atomic E-state index is 12.0. The number of hydrogen-bond donors (Lipinski definition) is 1. The highest BCUT2D eigenvalue weighted by atomic mass is 32.2. The second-order valence-corrected chi connectivity index (χ2v) is 7.89. The molecule has 1 aliphatic rings. The van der Waals surface area contributed by atoms with E-state index in [1.54, 1.807) is 12.1 Å². The van der Waals surface area contributed by atoms with Gasteiger partial charge in [0, 0.05) is 43.2 Å². The smallest absolute Gasteiger partial charge is 0.269 e. The molecule has 0 bridgehead atoms. The molecule has 0 spiro atoms. The first-order valence-electron chi connectivity index (χ1n) is 9.53. The molecule has 2 aromatic rings. The zero-order valence-electron chi connectivity index (χ0n) is 15.8. The number of nitro groups is 1. The van der Waals surface area contributed by atoms with E-state index in [-0.39, 0.29) is 11.6 Å². The van der Waals surface area contributed by atoms with Crippen molar-refractivity contribution >= 4 is 29.0 Å². The van der Waals surface area contributed by atoms with Crippen molar-refractivity contribution in [1.82, 2.24) is 5.32 Å². The Labute approximate surface area is 169 Å². The Hall–Kier alpha value is -2.54. The molecular weight excluding hydrogens is 374 g/mol. The highest BCUT2D eigenvalue weighted by molar-refractivity contribution is 7.99. The molecule has 6 nitrogen and oxygen atoms in total. The number of nitrogens with zero attached hydrogens (tertiary/aromatic N) is 2. The number of nitro benzene ring substituents is 1. The highest BCUT2D eigenvalue weighted by Crippen LogP contribution is 2.20. The predicted molar refractivity (Wildman–Crippen MR) is 114 cm³/mol. The molecule has 0 saturated carbocycles. The standard InChI is InChI=1S/C21H25N3O3S/c25-21(16-28-15-18-6-10-20(11-7-18)24(26)27)22-14-17-4-8-19(9-5-17)23-12-2-1-3-13-23/h4-11H,1-3,12-16H2,(H,22,25). The first-order valence-corrected chi connectivity index (χ1v) is 10.7. The third-order valence-electron chi connectivity index (χ3n) is 4.80. The Morgan fingerprint density at radius 2 is 1.64 bits per heavy atom. The zero-order chi connectivity index (χ0) is 19.8. The molecule has 1 N–H and O–H groups in total. The fourth-order valence-electron chi connectivity index (χ4n) is 3.20. The molecule has 0 unspecified atom stereocenters. The van der Waals surface area contributed by atoms with Crippen LogP contribution in [0.2, 0.25) is 0 Å². The van der Waals surface area contributed by atoms with Gasteiger partial charge in [0.25, 0.3) is 5.69 Å². The summed E-state index contributed by atoms with van der Waals surface area (Å²) in [7, 11) is 0. The quantitative estimate of drug-likeness (QED) is 0.533. The van der Waals surface area contributed by atoms with Gasteiger partial charge in [0.1, 0.15) is 0 Å². The number of non-ortho nitro benzene ring substituents is 1. The molecule has 2 aromatic carbocycles. The largest absolute Gasteiger partial charge is 0.372 e. The lowest BCUT2D eigenvalue weighted by molar-refractivity contribution is -0.384. The van der Waals surface area contributed by atoms with Gasteiger partial charge in [0.05, 0.1) is 10.7 Å². The van der Waals surface area contributed by atoms with Crippen LogP contribution in [0.1, 0.15) is 30.4 Å². The summed E-state index contributed by atoms with van der Waals surface area (Å²) in [6.07, 6.45) is 3.84. The van der Waals surface area contributed by atoms with Crippen molar-refractivity contribution in [2.75, 3.05) is 23.7 Å². The Bertz CT molecular complexity index is 788. The first kappa shape index (κ1) is 20.2. The van der Waals surface area contributed by atoms with E-state index in [9.17, 15) is 14.9 Å². The third kappa shape index (κ3) is 5.99. The van der Waals surface area contributed by atoms with E-state index in [1.165, 1.54) is 48.8 Å². The second-order valence-electron chi connectivity index (χ2n) is 6.91. The molecule has 0 aliphatic carbocycles. The minimum Gasteiger partial charge on any atom is -0.372 e. The van der Waals surface area contributed by atoms with Crippen LogP contribution in [0.5, 0.6) is 0 Å². The Kier molecular flexibility index (Phi) is 7.31. The molecule has 1 saturated heterocycles. The number of carbonyl (C=O) groups excluding carboxylic acids is 1. The molecular formula is C21H25N3O3S. The Morgan fingerprint density at radius 1 is 1.00 bits per heavy atom. The van der Waals surface area contributed by atoms with Crippen molar-refractivity contribution in [2.24, 2.45) is 0 Å². The minimum absolute atomic E-state index is 0.00739. The van der Waals surface area contributed by atoms with Gasteiger partial charge in [-0.1, -0.05) is 24.3 Å². The fraction of sp³-hybridized carbons (Fsp3) is 0.381. The summed E-state index contributed by atoms with van der Waals surface area (Å²) in [4.78, 5) is 24.7. The van der Waals surface area contributed by atoms with Crippen LogP contribution in [-0.2, 0) is 17.1 Å². The zero-order valence-corrected chi connectivity index (χ0v) is 16.6. The lowest BCUT2D eigenvalue weighted by atomic mass is 10.1. The van der Waals surface area contributed by atoms with E-state index >= 15 is 0 Å². The van der Waals surface area contributed by atoms with E-state index in [0.717, 1.165) is 24.2 Å². The number of rotatable bonds is 8. The SMILES string of the molecule is O=C(CSCc1ccc([N+](=O)[O-])cc1)NCc1ccc(N2CCCCC2)cc1. The summed E-state index contributed by atoms with van der Waals surface area (Å²) in [6.45, 7) is 2.78. The number of carbonyl (C=O) groups is 1. The number of benzene rings is 2. The van der Waals surface area contributed by atoms with E-state index in [2.05, 4.69) is 34.5 Å². The summed E-state index contributed by atoms with van der Waals surface area (Å²) in [5, 5.41) is 13.6. The van der Waals surface area contributed by atoms with Crippen LogP contribution < -0.4 is 10.2 Å². The van der Waals surface area contributed by atoms with Crippen molar-refractivity contribution in [3.63, 3.8) is 0 Å². The maximum Gasteiger partial charge on any atom is 0.269 e. The Balaban J connectivity index is 1.37. The van der Waals surface area contributed by atoms with Crippen molar-refractivity contribution < 1.29 is 9.72 Å². The van der Waals surface area contributed by atoms with E-state index in [4.69, 9.17) is 0 Å². The molecule has 0 aromatic heterocycles. The Morgan fingerprint density at radius 3 is 2.29 bits per heavy atom. The number of thioether (sulfide) groups is 1. The fourth-order valence-corrected chi connectivity index (χ4v) is 4.02. The van der Waals surface area contributed by atoms with Crippen molar-refractivity contribution in [3.8, 4) is 0 Å². The summed E-state index contributed by atoms with van der Waals surface area (Å²) in [5.41, 5.74) is 3.40. The molecule has 1 heterocycles. The van der Waals surface area contributed by atoms with E-state index < -0.39 is 4.92 Å². The highest BCUT2D eigenvalue weighted by Gasteiger charge is 2.10. The van der Waals surface area contributed by atoms with Crippen molar-refractivity contribution in [3.05, 3.63) is 69.8 Å². The minimum atomic E-state index is -0.413. The molecule has 1 aliphatic heterocycles. The molecule has 0 radical (unpaired) electrons. The van der Waals surface area contributed by atoms with Crippen LogP contribution in [0.3, 0.4) is 0 Å². The number of amides is 1. The summed E-state index contributed by atoms with van der Waals surface area (Å²) in [5.74, 6) is 1.01. The van der Waals surface area contributed by atoms with Crippen molar-refractivity contribution in [2.45, 2.75) is 31.6 Å². The molecule has 3 rings (SSSR count). The number of nitrogens with one attached hydrogen (secondary N) is 1. The average molecular weight is 400 g/mol. The number of hydrogen-bond acceptors (Lipinski definition) is 5. The lowest BCUT2D eigenvalue weighted by Gasteiger charge is -2.28. The summed E-state index contributed by atoms with van der Waals surface area (Å²) >= 11 is 1.50. The molecule has 7 heteroatoms. The van der Waals surface area contributed by atoms with Crippen LogP contribution in [0.25, 0.3) is 0 Å². The average Bonchev–Trinajstić information content (AvgIpc) is 2.73. The van der Waals surface area contributed by atoms with E-state index in [1.807, 2.05) is 0 Å². The maximum atomic E-state index is 12.0. The summed E-state index contributed by atoms with van der Waals surface area (Å²) < 4.78 is 0. The van der Waals surface area contributed by atoms with Crippen molar-refractivity contribution in [1.29, 1.82) is 0 Å². The molecule has 28 heavy (non-hydrogen) atoms. The molecule has 1 fully saturated rings. The van der Waals surface area contributed by atoms with Crippen LogP contribution in [0.15, 0.2) is 48.5 Å². The van der Waals surface area contributed by atoms with Crippen LogP contribution in [0.4, 0.5) is 11.4 Å². The second kappa shape index (κ2) is 10.1. The van der Waals surface area contributed by atoms with Gasteiger partial charge >= 0.3 is 0 Å². The van der Waals surface area contributed by atoms with Crippen LogP contribution in [-0.4, -0.2) is 29.7 Å². The number of anilines is 1. The summed E-state index contributed by atoms with van der Waals surface area (Å²) in [6, 6.07) is 14.9. The van der Waals surface area contributed by atoms with Gasteiger partial charge < -0.3 is 10.2 Å². The normalized spacial score (nSPS) is 13.9. The van der Waals surface area contributed by atoms with Gasteiger partial charge in [-0.15, -0.1) is 11.8 Å². The van der Waals surface area contributed by atoms with Gasteiger partial charge in [-0.2, -0.15) is 0 Å². The van der Waals surface area contributed by atoms with Gasteiger partial charge in [0.2, 0.25) is 5.91 Å². The monoisotopic (exact) mass is 399 g/mol. The van der Waals surface area contributed by atoms with Gasteiger partial charge in [-0.25, -0.2) is 0 Å². The third-order valence-corrected chi connectivity index (χ3v) is 5.80. The molecule has 148 valence electrons. The van der Waals surface area contributed by atoms with Gasteiger partial charge in [0.15, 0.2) is 0 Å². The first-order chi connectivity index (χ1) is 13.6. The molecule has 0 atom stereocenters. The van der Waals surface area contributed by atoms with Crippen LogP contribution in [0, 0.1) is 10.1 Å². The predicted octanol–water partition coefficient (Wildman–Crippen LogP) is 4.13.